The van der Waals surface area contributed by atoms with Crippen LogP contribution in [-0.4, -0.2) is 26.8 Å². The van der Waals surface area contributed by atoms with Crippen LogP contribution in [0.3, 0.4) is 0 Å². The van der Waals surface area contributed by atoms with Crippen LogP contribution in [0.1, 0.15) is 11.1 Å². The van der Waals surface area contributed by atoms with E-state index in [4.69, 9.17) is 0 Å². The maximum atomic E-state index is 12.0. The van der Waals surface area contributed by atoms with Gasteiger partial charge in [-0.15, -0.1) is 0 Å². The molecule has 0 saturated heterocycles. The van der Waals surface area contributed by atoms with Gasteiger partial charge in [0, 0.05) is 30.8 Å². The summed E-state index contributed by atoms with van der Waals surface area (Å²) >= 11 is 0. The summed E-state index contributed by atoms with van der Waals surface area (Å²) in [6.07, 6.45) is 8.17. The smallest absolute Gasteiger partial charge is 0.224 e. The zero-order valence-corrected chi connectivity index (χ0v) is 13.1. The van der Waals surface area contributed by atoms with Crippen molar-refractivity contribution in [2.24, 2.45) is 0 Å². The van der Waals surface area contributed by atoms with Gasteiger partial charge in [0.15, 0.2) is 0 Å². The van der Waals surface area contributed by atoms with Gasteiger partial charge in [-0.2, -0.15) is 5.10 Å². The first kappa shape index (κ1) is 15.1. The highest BCUT2D eigenvalue weighted by atomic mass is 16.1. The molecule has 0 aliphatic carbocycles. The Bertz CT molecular complexity index is 757. The van der Waals surface area contributed by atoms with Crippen molar-refractivity contribution in [2.75, 3.05) is 6.54 Å². The quantitative estimate of drug-likeness (QED) is 0.760. The van der Waals surface area contributed by atoms with Crippen LogP contribution in [0.4, 0.5) is 0 Å². The lowest BCUT2D eigenvalue weighted by Gasteiger charge is -2.07. The number of nitrogens with zero attached hydrogens (tertiary/aromatic N) is 3. The summed E-state index contributed by atoms with van der Waals surface area (Å²) in [7, 11) is 0. The number of benzene rings is 1. The van der Waals surface area contributed by atoms with Crippen molar-refractivity contribution < 1.29 is 4.79 Å². The Balaban J connectivity index is 1.48. The maximum absolute atomic E-state index is 12.0. The molecule has 5 nitrogen and oxygen atoms in total. The van der Waals surface area contributed by atoms with E-state index in [9.17, 15) is 4.79 Å². The van der Waals surface area contributed by atoms with Crippen LogP contribution in [0.25, 0.3) is 5.69 Å². The van der Waals surface area contributed by atoms with Crippen LogP contribution < -0.4 is 5.32 Å². The molecule has 2 heterocycles. The molecular formula is C18H20N4O. The molecule has 0 radical (unpaired) electrons. The summed E-state index contributed by atoms with van der Waals surface area (Å²) in [5.74, 6) is 0.0302. The highest BCUT2D eigenvalue weighted by Gasteiger charge is 2.04. The fourth-order valence-corrected chi connectivity index (χ4v) is 2.44. The van der Waals surface area contributed by atoms with E-state index >= 15 is 0 Å². The fraction of sp³-hybridized carbons (Fsp3) is 0.222. The minimum Gasteiger partial charge on any atom is -0.354 e. The van der Waals surface area contributed by atoms with E-state index in [0.717, 1.165) is 16.8 Å². The summed E-state index contributed by atoms with van der Waals surface area (Å²) in [6, 6.07) is 12.0. The highest BCUT2D eigenvalue weighted by Crippen LogP contribution is 2.10. The predicted octanol–water partition coefficient (Wildman–Crippen LogP) is 2.34. The Morgan fingerprint density at radius 1 is 1.17 bits per heavy atom. The molecule has 0 bridgehead atoms. The number of nitrogens with one attached hydrogen (secondary N) is 1. The minimum atomic E-state index is 0.0302. The van der Waals surface area contributed by atoms with Gasteiger partial charge in [0.25, 0.3) is 0 Å². The van der Waals surface area contributed by atoms with Gasteiger partial charge in [0.05, 0.1) is 19.2 Å². The number of hydrogen-bond acceptors (Lipinski definition) is 2. The molecule has 1 aromatic carbocycles. The highest BCUT2D eigenvalue weighted by molar-refractivity contribution is 5.78. The monoisotopic (exact) mass is 308 g/mol. The van der Waals surface area contributed by atoms with E-state index in [0.29, 0.717) is 19.5 Å². The number of aryl methyl sites for hydroxylation is 1. The van der Waals surface area contributed by atoms with Crippen molar-refractivity contribution in [1.82, 2.24) is 19.7 Å². The first-order valence-corrected chi connectivity index (χ1v) is 7.69. The normalized spacial score (nSPS) is 10.7. The van der Waals surface area contributed by atoms with E-state index in [-0.39, 0.29) is 5.91 Å². The van der Waals surface area contributed by atoms with Crippen LogP contribution in [0.5, 0.6) is 0 Å². The number of aromatic nitrogens is 3. The number of carbonyl (C=O) groups is 1. The van der Waals surface area contributed by atoms with E-state index in [2.05, 4.69) is 10.4 Å². The van der Waals surface area contributed by atoms with Gasteiger partial charge in [-0.1, -0.05) is 12.1 Å². The topological polar surface area (TPSA) is 51.9 Å². The Morgan fingerprint density at radius 3 is 2.57 bits per heavy atom. The third-order valence-electron chi connectivity index (χ3n) is 3.63. The number of rotatable bonds is 6. The minimum absolute atomic E-state index is 0.0302. The molecular weight excluding hydrogens is 288 g/mol. The van der Waals surface area contributed by atoms with Crippen molar-refractivity contribution in [3.63, 3.8) is 0 Å². The van der Waals surface area contributed by atoms with Gasteiger partial charge in [0.1, 0.15) is 0 Å². The largest absolute Gasteiger partial charge is 0.354 e. The van der Waals surface area contributed by atoms with Crippen LogP contribution in [-0.2, 0) is 17.8 Å². The molecule has 0 atom stereocenters. The second-order valence-corrected chi connectivity index (χ2v) is 5.56. The molecule has 23 heavy (non-hydrogen) atoms. The van der Waals surface area contributed by atoms with E-state index in [1.54, 1.807) is 0 Å². The number of hydrogen-bond donors (Lipinski definition) is 1. The first-order valence-electron chi connectivity index (χ1n) is 7.69. The molecule has 0 fully saturated rings. The molecule has 1 amide bonds. The van der Waals surface area contributed by atoms with Crippen LogP contribution in [0, 0.1) is 6.92 Å². The Labute approximate surface area is 135 Å². The lowest BCUT2D eigenvalue weighted by atomic mass is 10.1. The zero-order chi connectivity index (χ0) is 16.1. The summed E-state index contributed by atoms with van der Waals surface area (Å²) < 4.78 is 3.87. The van der Waals surface area contributed by atoms with Gasteiger partial charge in [-0.05, 0) is 42.3 Å². The molecule has 0 aliphatic rings. The zero-order valence-electron chi connectivity index (χ0n) is 13.1. The van der Waals surface area contributed by atoms with Crippen LogP contribution in [0.2, 0.25) is 0 Å². The molecule has 118 valence electrons. The molecule has 2 aromatic heterocycles. The second kappa shape index (κ2) is 6.96. The van der Waals surface area contributed by atoms with Crippen molar-refractivity contribution in [2.45, 2.75) is 19.9 Å². The third kappa shape index (κ3) is 4.10. The van der Waals surface area contributed by atoms with Crippen molar-refractivity contribution in [3.05, 3.63) is 72.3 Å². The van der Waals surface area contributed by atoms with Crippen molar-refractivity contribution >= 4 is 5.91 Å². The van der Waals surface area contributed by atoms with Gasteiger partial charge >= 0.3 is 0 Å². The molecule has 0 aliphatic heterocycles. The van der Waals surface area contributed by atoms with E-state index in [1.165, 1.54) is 0 Å². The number of carbonyl (C=O) groups excluding carboxylic acids is 1. The number of amides is 1. The van der Waals surface area contributed by atoms with Crippen LogP contribution >= 0.6 is 0 Å². The van der Waals surface area contributed by atoms with Gasteiger partial charge in [-0.25, -0.2) is 0 Å². The third-order valence-corrected chi connectivity index (χ3v) is 3.63. The molecule has 0 unspecified atom stereocenters. The Hall–Kier alpha value is -2.82. The average Bonchev–Trinajstić information content (AvgIpc) is 3.20. The van der Waals surface area contributed by atoms with Gasteiger partial charge in [-0.3, -0.25) is 9.48 Å². The van der Waals surface area contributed by atoms with E-state index < -0.39 is 0 Å². The standard InChI is InChI=1S/C18H20N4O/c1-15-13-20-22(14-15)11-8-19-18(23)12-16-4-6-17(7-5-16)21-9-2-3-10-21/h2-7,9-10,13-14H,8,11-12H2,1H3,(H,19,23). The predicted molar refractivity (Wildman–Crippen MR) is 89.4 cm³/mol. The van der Waals surface area contributed by atoms with Crippen LogP contribution in [0.15, 0.2) is 61.2 Å². The molecule has 3 aromatic rings. The first-order chi connectivity index (χ1) is 11.2. The lowest BCUT2D eigenvalue weighted by molar-refractivity contribution is -0.120. The van der Waals surface area contributed by atoms with Gasteiger partial charge < -0.3 is 9.88 Å². The fourth-order valence-electron chi connectivity index (χ4n) is 2.44. The summed E-state index contributed by atoms with van der Waals surface area (Å²) in [5, 5.41) is 7.12. The molecule has 1 N–H and O–H groups in total. The average molecular weight is 308 g/mol. The molecule has 5 heteroatoms. The maximum Gasteiger partial charge on any atom is 0.224 e. The summed E-state index contributed by atoms with van der Waals surface area (Å²) in [4.78, 5) is 12.0. The molecule has 3 rings (SSSR count). The Kier molecular flexibility index (Phi) is 4.57. The second-order valence-electron chi connectivity index (χ2n) is 5.56. The van der Waals surface area contributed by atoms with Crippen molar-refractivity contribution in [1.29, 1.82) is 0 Å². The summed E-state index contributed by atoms with van der Waals surface area (Å²) in [6.45, 7) is 3.27. The summed E-state index contributed by atoms with van der Waals surface area (Å²) in [5.41, 5.74) is 3.22. The van der Waals surface area contributed by atoms with Gasteiger partial charge in [0.2, 0.25) is 5.91 Å². The molecule has 0 saturated carbocycles. The Morgan fingerprint density at radius 2 is 1.91 bits per heavy atom. The molecule has 0 spiro atoms. The van der Waals surface area contributed by atoms with E-state index in [1.807, 2.05) is 77.4 Å². The van der Waals surface area contributed by atoms with Crippen molar-refractivity contribution in [3.8, 4) is 5.69 Å². The SMILES string of the molecule is Cc1cnn(CCNC(=O)Cc2ccc(-n3cccc3)cc2)c1. The lowest BCUT2D eigenvalue weighted by Crippen LogP contribution is -2.28.